The first-order valence-electron chi connectivity index (χ1n) is 6.61. The fourth-order valence-corrected chi connectivity index (χ4v) is 2.36. The topological polar surface area (TPSA) is 48.4 Å². The Morgan fingerprint density at radius 2 is 2.10 bits per heavy atom. The number of aromatic nitrogens is 1. The van der Waals surface area contributed by atoms with E-state index in [9.17, 15) is 4.79 Å². The van der Waals surface area contributed by atoms with Crippen molar-refractivity contribution in [3.8, 4) is 11.5 Å². The number of methoxy groups -OCH3 is 1. The molecule has 1 heterocycles. The number of esters is 1. The summed E-state index contributed by atoms with van der Waals surface area (Å²) in [6.45, 7) is 0. The second kappa shape index (κ2) is 5.33. The molecule has 1 aliphatic rings. The van der Waals surface area contributed by atoms with Crippen LogP contribution in [-0.2, 0) is 4.79 Å². The van der Waals surface area contributed by atoms with Crippen molar-refractivity contribution in [2.75, 3.05) is 7.11 Å². The second-order valence-corrected chi connectivity index (χ2v) is 4.74. The Morgan fingerprint density at radius 3 is 2.85 bits per heavy atom. The molecule has 0 spiro atoms. The van der Waals surface area contributed by atoms with Gasteiger partial charge in [-0.15, -0.1) is 0 Å². The largest absolute Gasteiger partial charge is 0.493 e. The number of hydrogen-bond acceptors (Lipinski definition) is 4. The SMILES string of the molecule is COc1cc2ccncc2cc1OC(=O)C1=CCCC1. The fraction of sp³-hybridized carbons (Fsp3) is 0.250. The van der Waals surface area contributed by atoms with Gasteiger partial charge in [-0.3, -0.25) is 4.98 Å². The van der Waals surface area contributed by atoms with Crippen LogP contribution in [0.4, 0.5) is 0 Å². The van der Waals surface area contributed by atoms with Gasteiger partial charge >= 0.3 is 5.97 Å². The quantitative estimate of drug-likeness (QED) is 0.634. The number of carbonyl (C=O) groups is 1. The number of carbonyl (C=O) groups excluding carboxylic acids is 1. The molecule has 1 aromatic carbocycles. The predicted molar refractivity (Wildman–Crippen MR) is 75.9 cm³/mol. The minimum Gasteiger partial charge on any atom is -0.493 e. The minimum atomic E-state index is -0.288. The van der Waals surface area contributed by atoms with Gasteiger partial charge in [0.1, 0.15) is 0 Å². The highest BCUT2D eigenvalue weighted by molar-refractivity contribution is 5.92. The van der Waals surface area contributed by atoms with Crippen molar-refractivity contribution in [2.24, 2.45) is 0 Å². The van der Waals surface area contributed by atoms with Gasteiger partial charge in [0.2, 0.25) is 0 Å². The van der Waals surface area contributed by atoms with Crippen LogP contribution >= 0.6 is 0 Å². The van der Waals surface area contributed by atoms with E-state index in [1.54, 1.807) is 25.6 Å². The lowest BCUT2D eigenvalue weighted by Crippen LogP contribution is -2.10. The number of allylic oxidation sites excluding steroid dienone is 1. The molecule has 0 saturated carbocycles. The molecule has 4 nitrogen and oxygen atoms in total. The van der Waals surface area contributed by atoms with Crippen LogP contribution in [0.25, 0.3) is 10.8 Å². The minimum absolute atomic E-state index is 0.288. The third kappa shape index (κ3) is 2.37. The lowest BCUT2D eigenvalue weighted by atomic mass is 10.1. The molecule has 1 aliphatic carbocycles. The molecule has 0 atom stereocenters. The number of nitrogens with zero attached hydrogens (tertiary/aromatic N) is 1. The van der Waals surface area contributed by atoms with Gasteiger partial charge in [0.15, 0.2) is 11.5 Å². The maximum Gasteiger partial charge on any atom is 0.339 e. The summed E-state index contributed by atoms with van der Waals surface area (Å²) < 4.78 is 10.8. The molecule has 0 fully saturated rings. The van der Waals surface area contributed by atoms with Crippen molar-refractivity contribution in [1.29, 1.82) is 0 Å². The zero-order valence-electron chi connectivity index (χ0n) is 11.3. The standard InChI is InChI=1S/C16H15NO3/c1-19-14-8-12-6-7-17-10-13(12)9-15(14)20-16(18)11-4-2-3-5-11/h4,6-10H,2-3,5H2,1H3. The summed E-state index contributed by atoms with van der Waals surface area (Å²) in [7, 11) is 1.56. The summed E-state index contributed by atoms with van der Waals surface area (Å²) in [6.07, 6.45) is 8.15. The van der Waals surface area contributed by atoms with Gasteiger partial charge in [-0.1, -0.05) is 6.08 Å². The Labute approximate surface area is 117 Å². The van der Waals surface area contributed by atoms with Crippen LogP contribution in [0.3, 0.4) is 0 Å². The van der Waals surface area contributed by atoms with Crippen molar-refractivity contribution in [2.45, 2.75) is 19.3 Å². The lowest BCUT2D eigenvalue weighted by molar-refractivity contribution is -0.130. The number of fused-ring (bicyclic) bond motifs is 1. The molecular formula is C16H15NO3. The van der Waals surface area contributed by atoms with Crippen molar-refractivity contribution in [1.82, 2.24) is 4.98 Å². The maximum atomic E-state index is 12.1. The number of pyridine rings is 1. The number of ether oxygens (including phenoxy) is 2. The summed E-state index contributed by atoms with van der Waals surface area (Å²) in [6, 6.07) is 5.53. The lowest BCUT2D eigenvalue weighted by Gasteiger charge is -2.11. The zero-order valence-corrected chi connectivity index (χ0v) is 11.3. The molecule has 0 unspecified atom stereocenters. The maximum absolute atomic E-state index is 12.1. The van der Waals surface area contributed by atoms with Crippen LogP contribution in [0, 0.1) is 0 Å². The highest BCUT2D eigenvalue weighted by Crippen LogP contribution is 2.33. The predicted octanol–water partition coefficient (Wildman–Crippen LogP) is 3.26. The molecule has 1 aromatic heterocycles. The summed E-state index contributed by atoms with van der Waals surface area (Å²) in [5.74, 6) is 0.700. The Kier molecular flexibility index (Phi) is 3.37. The van der Waals surface area contributed by atoms with Gasteiger partial charge in [-0.25, -0.2) is 4.79 Å². The van der Waals surface area contributed by atoms with Crippen LogP contribution in [-0.4, -0.2) is 18.1 Å². The third-order valence-corrected chi connectivity index (χ3v) is 3.43. The van der Waals surface area contributed by atoms with Crippen LogP contribution in [0.2, 0.25) is 0 Å². The van der Waals surface area contributed by atoms with Gasteiger partial charge in [-0.05, 0) is 42.8 Å². The number of rotatable bonds is 3. The molecule has 0 bridgehead atoms. The van der Waals surface area contributed by atoms with Gasteiger partial charge in [0, 0.05) is 23.4 Å². The molecule has 102 valence electrons. The molecule has 0 saturated heterocycles. The van der Waals surface area contributed by atoms with E-state index in [4.69, 9.17) is 9.47 Å². The van der Waals surface area contributed by atoms with E-state index in [1.165, 1.54) is 0 Å². The first kappa shape index (κ1) is 12.7. The Hall–Kier alpha value is -2.36. The van der Waals surface area contributed by atoms with E-state index in [0.717, 1.165) is 35.6 Å². The van der Waals surface area contributed by atoms with Gasteiger partial charge in [0.05, 0.1) is 7.11 Å². The highest BCUT2D eigenvalue weighted by atomic mass is 16.6. The van der Waals surface area contributed by atoms with E-state index in [0.29, 0.717) is 11.5 Å². The highest BCUT2D eigenvalue weighted by Gasteiger charge is 2.17. The van der Waals surface area contributed by atoms with Crippen molar-refractivity contribution >= 4 is 16.7 Å². The molecule has 4 heteroatoms. The van der Waals surface area contributed by atoms with E-state index in [-0.39, 0.29) is 5.97 Å². The molecule has 0 amide bonds. The molecule has 3 rings (SSSR count). The molecule has 2 aromatic rings. The van der Waals surface area contributed by atoms with E-state index in [2.05, 4.69) is 4.98 Å². The first-order valence-corrected chi connectivity index (χ1v) is 6.61. The molecule has 0 aliphatic heterocycles. The van der Waals surface area contributed by atoms with Gasteiger partial charge in [0.25, 0.3) is 0 Å². The number of benzene rings is 1. The van der Waals surface area contributed by atoms with E-state index in [1.807, 2.05) is 18.2 Å². The number of hydrogen-bond donors (Lipinski definition) is 0. The fourth-order valence-electron chi connectivity index (χ4n) is 2.36. The van der Waals surface area contributed by atoms with Crippen molar-refractivity contribution in [3.63, 3.8) is 0 Å². The molecule has 0 radical (unpaired) electrons. The van der Waals surface area contributed by atoms with E-state index >= 15 is 0 Å². The van der Waals surface area contributed by atoms with Crippen LogP contribution < -0.4 is 9.47 Å². The van der Waals surface area contributed by atoms with Crippen LogP contribution in [0.1, 0.15) is 19.3 Å². The summed E-state index contributed by atoms with van der Waals surface area (Å²) >= 11 is 0. The van der Waals surface area contributed by atoms with Crippen LogP contribution in [0.15, 0.2) is 42.2 Å². The summed E-state index contributed by atoms with van der Waals surface area (Å²) in [5.41, 5.74) is 0.748. The Morgan fingerprint density at radius 1 is 1.25 bits per heavy atom. The normalized spacial score (nSPS) is 14.2. The van der Waals surface area contributed by atoms with Crippen LogP contribution in [0.5, 0.6) is 11.5 Å². The smallest absolute Gasteiger partial charge is 0.339 e. The molecular weight excluding hydrogens is 254 g/mol. The van der Waals surface area contributed by atoms with Crippen molar-refractivity contribution in [3.05, 3.63) is 42.2 Å². The zero-order chi connectivity index (χ0) is 13.9. The summed E-state index contributed by atoms with van der Waals surface area (Å²) in [4.78, 5) is 16.1. The van der Waals surface area contributed by atoms with Crippen molar-refractivity contribution < 1.29 is 14.3 Å². The Bertz CT molecular complexity index is 691. The third-order valence-electron chi connectivity index (χ3n) is 3.43. The monoisotopic (exact) mass is 269 g/mol. The average molecular weight is 269 g/mol. The van der Waals surface area contributed by atoms with Gasteiger partial charge < -0.3 is 9.47 Å². The average Bonchev–Trinajstić information content (AvgIpc) is 3.01. The molecule has 20 heavy (non-hydrogen) atoms. The first-order chi connectivity index (χ1) is 9.78. The second-order valence-electron chi connectivity index (χ2n) is 4.74. The van der Waals surface area contributed by atoms with E-state index < -0.39 is 0 Å². The molecule has 0 N–H and O–H groups in total. The van der Waals surface area contributed by atoms with Gasteiger partial charge in [-0.2, -0.15) is 0 Å². The summed E-state index contributed by atoms with van der Waals surface area (Å²) in [5, 5.41) is 1.91. The Balaban J connectivity index is 1.95.